The van der Waals surface area contributed by atoms with Gasteiger partial charge < -0.3 is 4.98 Å². The molecule has 0 aliphatic heterocycles. The van der Waals surface area contributed by atoms with Crippen LogP contribution in [0.1, 0.15) is 5.56 Å². The van der Waals surface area contributed by atoms with E-state index in [4.69, 9.17) is 11.6 Å². The number of hydrogen-bond acceptors (Lipinski definition) is 3. The number of nitrogens with one attached hydrogen (secondary N) is 1. The van der Waals surface area contributed by atoms with E-state index < -0.39 is 0 Å². The number of fused-ring (bicyclic) bond motifs is 2. The summed E-state index contributed by atoms with van der Waals surface area (Å²) in [4.78, 5) is 22.0. The van der Waals surface area contributed by atoms with Crippen LogP contribution >= 0.6 is 22.9 Å². The number of aromatic amines is 1. The van der Waals surface area contributed by atoms with Crippen molar-refractivity contribution in [2.75, 3.05) is 11.9 Å². The third-order valence-corrected chi connectivity index (χ3v) is 5.36. The maximum Gasteiger partial charge on any atom is 0.233 e. The van der Waals surface area contributed by atoms with Crippen LogP contribution in [0.25, 0.3) is 21.1 Å². The third kappa shape index (κ3) is 2.66. The van der Waals surface area contributed by atoms with Gasteiger partial charge in [-0.3, -0.25) is 9.69 Å². The normalized spacial score (nSPS) is 11.2. The quantitative estimate of drug-likeness (QED) is 0.582. The zero-order chi connectivity index (χ0) is 16.7. The molecule has 2 aromatic heterocycles. The number of H-pyrrole nitrogens is 1. The second kappa shape index (κ2) is 5.92. The largest absolute Gasteiger partial charge is 0.361 e. The van der Waals surface area contributed by atoms with Crippen LogP contribution in [0.2, 0.25) is 5.02 Å². The van der Waals surface area contributed by atoms with Gasteiger partial charge in [0.25, 0.3) is 0 Å². The van der Waals surface area contributed by atoms with E-state index in [1.807, 2.05) is 48.7 Å². The first-order valence-corrected chi connectivity index (χ1v) is 8.69. The number of anilines is 1. The lowest BCUT2D eigenvalue weighted by Gasteiger charge is -2.13. The van der Waals surface area contributed by atoms with Crippen LogP contribution in [-0.2, 0) is 11.2 Å². The van der Waals surface area contributed by atoms with Gasteiger partial charge in [-0.1, -0.05) is 35.1 Å². The number of aromatic nitrogens is 2. The van der Waals surface area contributed by atoms with Crippen LogP contribution in [0.4, 0.5) is 5.13 Å². The van der Waals surface area contributed by atoms with Crippen molar-refractivity contribution >= 4 is 55.1 Å². The summed E-state index contributed by atoms with van der Waals surface area (Å²) in [7, 11) is 1.77. The SMILES string of the molecule is CN(C(=O)Cc1c[nH]c2ccc(Cl)cc12)c1nc2ccccc2s1. The molecular formula is C18H14ClN3OS. The molecule has 0 aliphatic carbocycles. The monoisotopic (exact) mass is 355 g/mol. The summed E-state index contributed by atoms with van der Waals surface area (Å²) in [5, 5.41) is 2.35. The fourth-order valence-electron chi connectivity index (χ4n) is 2.69. The molecule has 0 atom stereocenters. The van der Waals surface area contributed by atoms with E-state index in [1.165, 1.54) is 11.3 Å². The highest BCUT2D eigenvalue weighted by Gasteiger charge is 2.17. The first-order chi connectivity index (χ1) is 11.6. The Kier molecular flexibility index (Phi) is 3.75. The molecule has 0 saturated heterocycles. The highest BCUT2D eigenvalue weighted by Crippen LogP contribution is 2.29. The van der Waals surface area contributed by atoms with Crippen molar-refractivity contribution in [1.82, 2.24) is 9.97 Å². The lowest BCUT2D eigenvalue weighted by molar-refractivity contribution is -0.117. The number of para-hydroxylation sites is 1. The van der Waals surface area contributed by atoms with Gasteiger partial charge in [0.2, 0.25) is 5.91 Å². The molecule has 6 heteroatoms. The lowest BCUT2D eigenvalue weighted by Crippen LogP contribution is -2.27. The highest BCUT2D eigenvalue weighted by molar-refractivity contribution is 7.22. The van der Waals surface area contributed by atoms with E-state index in [1.54, 1.807) is 11.9 Å². The highest BCUT2D eigenvalue weighted by atomic mass is 35.5. The Morgan fingerprint density at radius 1 is 1.29 bits per heavy atom. The molecule has 0 radical (unpaired) electrons. The van der Waals surface area contributed by atoms with Gasteiger partial charge in [0.05, 0.1) is 16.6 Å². The first kappa shape index (κ1) is 15.2. The van der Waals surface area contributed by atoms with E-state index in [9.17, 15) is 4.79 Å². The standard InChI is InChI=1S/C18H14ClN3OS/c1-22(18-21-15-4-2-3-5-16(15)24-18)17(23)8-11-10-20-14-7-6-12(19)9-13(11)14/h2-7,9-10,20H,8H2,1H3. The second-order valence-electron chi connectivity index (χ2n) is 5.60. The van der Waals surface area contributed by atoms with E-state index in [-0.39, 0.29) is 5.91 Å². The van der Waals surface area contributed by atoms with Crippen molar-refractivity contribution in [2.45, 2.75) is 6.42 Å². The summed E-state index contributed by atoms with van der Waals surface area (Å²) in [6.45, 7) is 0. The molecule has 4 nitrogen and oxygen atoms in total. The molecular weight excluding hydrogens is 342 g/mol. The van der Waals surface area contributed by atoms with E-state index in [2.05, 4.69) is 9.97 Å². The van der Waals surface area contributed by atoms with Crippen LogP contribution in [0.5, 0.6) is 0 Å². The van der Waals surface area contributed by atoms with Crippen molar-refractivity contribution < 1.29 is 4.79 Å². The second-order valence-corrected chi connectivity index (χ2v) is 7.04. The minimum absolute atomic E-state index is 0.00469. The van der Waals surface area contributed by atoms with Crippen LogP contribution in [0.15, 0.2) is 48.7 Å². The maximum atomic E-state index is 12.7. The number of hydrogen-bond donors (Lipinski definition) is 1. The molecule has 0 saturated carbocycles. The minimum atomic E-state index is -0.00469. The van der Waals surface area contributed by atoms with Gasteiger partial charge in [0.1, 0.15) is 0 Å². The third-order valence-electron chi connectivity index (χ3n) is 4.01. The summed E-state index contributed by atoms with van der Waals surface area (Å²) in [5.41, 5.74) is 2.83. The number of benzene rings is 2. The van der Waals surface area contributed by atoms with Gasteiger partial charge >= 0.3 is 0 Å². The Morgan fingerprint density at radius 2 is 2.12 bits per heavy atom. The summed E-state index contributed by atoms with van der Waals surface area (Å²) < 4.78 is 1.08. The smallest absolute Gasteiger partial charge is 0.233 e. The van der Waals surface area contributed by atoms with Crippen molar-refractivity contribution in [3.63, 3.8) is 0 Å². The van der Waals surface area contributed by atoms with E-state index in [0.717, 1.165) is 26.7 Å². The molecule has 4 rings (SSSR count). The average Bonchev–Trinajstić information content (AvgIpc) is 3.18. The van der Waals surface area contributed by atoms with Crippen molar-refractivity contribution in [1.29, 1.82) is 0 Å². The fraction of sp³-hybridized carbons (Fsp3) is 0.111. The number of thiazole rings is 1. The molecule has 1 amide bonds. The summed E-state index contributed by atoms with van der Waals surface area (Å²) >= 11 is 7.59. The number of rotatable bonds is 3. The first-order valence-electron chi connectivity index (χ1n) is 7.49. The molecule has 2 aromatic carbocycles. The van der Waals surface area contributed by atoms with Gasteiger partial charge in [-0.2, -0.15) is 0 Å². The zero-order valence-corrected chi connectivity index (χ0v) is 14.5. The molecule has 0 spiro atoms. The molecule has 24 heavy (non-hydrogen) atoms. The number of nitrogens with zero attached hydrogens (tertiary/aromatic N) is 2. The van der Waals surface area contributed by atoms with Gasteiger partial charge in [0.15, 0.2) is 5.13 Å². The van der Waals surface area contributed by atoms with Gasteiger partial charge in [-0.15, -0.1) is 0 Å². The number of halogens is 1. The predicted octanol–water partition coefficient (Wildman–Crippen LogP) is 4.64. The average molecular weight is 356 g/mol. The molecule has 0 bridgehead atoms. The van der Waals surface area contributed by atoms with Crippen molar-refractivity contribution in [3.05, 3.63) is 59.2 Å². The molecule has 0 fully saturated rings. The summed E-state index contributed by atoms with van der Waals surface area (Å²) in [6, 6.07) is 13.5. The van der Waals surface area contributed by atoms with Crippen LogP contribution in [-0.4, -0.2) is 22.9 Å². The van der Waals surface area contributed by atoms with Crippen LogP contribution in [0, 0.1) is 0 Å². The van der Waals surface area contributed by atoms with E-state index >= 15 is 0 Å². The van der Waals surface area contributed by atoms with E-state index in [0.29, 0.717) is 16.6 Å². The maximum absolute atomic E-state index is 12.7. The molecule has 0 aliphatic rings. The zero-order valence-electron chi connectivity index (χ0n) is 12.9. The number of amides is 1. The Hall–Kier alpha value is -2.37. The molecule has 1 N–H and O–H groups in total. The van der Waals surface area contributed by atoms with Gasteiger partial charge in [0, 0.05) is 29.2 Å². The Bertz CT molecular complexity index is 1020. The summed E-state index contributed by atoms with van der Waals surface area (Å²) in [6.07, 6.45) is 2.16. The molecule has 4 aromatic rings. The van der Waals surface area contributed by atoms with Gasteiger partial charge in [-0.25, -0.2) is 4.98 Å². The van der Waals surface area contributed by atoms with Gasteiger partial charge in [-0.05, 0) is 35.9 Å². The Morgan fingerprint density at radius 3 is 2.96 bits per heavy atom. The van der Waals surface area contributed by atoms with Crippen LogP contribution < -0.4 is 4.90 Å². The van der Waals surface area contributed by atoms with Crippen molar-refractivity contribution in [2.24, 2.45) is 0 Å². The fourth-order valence-corrected chi connectivity index (χ4v) is 3.80. The Balaban J connectivity index is 1.61. The molecule has 2 heterocycles. The van der Waals surface area contributed by atoms with Crippen LogP contribution in [0.3, 0.4) is 0 Å². The topological polar surface area (TPSA) is 49.0 Å². The number of carbonyl (C=O) groups excluding carboxylic acids is 1. The minimum Gasteiger partial charge on any atom is -0.361 e. The molecule has 120 valence electrons. The number of likely N-dealkylation sites (N-methyl/N-ethyl adjacent to an activating group) is 1. The Labute approximate surface area is 147 Å². The van der Waals surface area contributed by atoms with Crippen molar-refractivity contribution in [3.8, 4) is 0 Å². The number of carbonyl (C=O) groups is 1. The predicted molar refractivity (Wildman–Crippen MR) is 100 cm³/mol. The molecule has 0 unspecified atom stereocenters. The lowest BCUT2D eigenvalue weighted by atomic mass is 10.1. The summed E-state index contributed by atoms with van der Waals surface area (Å²) in [5.74, 6) is -0.00469.